The van der Waals surface area contributed by atoms with Crippen molar-refractivity contribution in [2.45, 2.75) is 123 Å². The zero-order chi connectivity index (χ0) is 34.9. The largest absolute Gasteiger partial charge is 0.481 e. The lowest BCUT2D eigenvalue weighted by Crippen LogP contribution is -2.65. The highest BCUT2D eigenvalue weighted by atomic mass is 16.7. The van der Waals surface area contributed by atoms with E-state index in [0.717, 1.165) is 24.0 Å². The number of hydrogen-bond acceptors (Lipinski definition) is 6. The highest BCUT2D eigenvalue weighted by molar-refractivity contribution is 6.47. The number of Topliss-reactive ketones (excluding diaryl/α,β-unsaturated/α-hetero) is 1. The Morgan fingerprint density at radius 1 is 0.917 bits per heavy atom. The molecule has 6 unspecified atom stereocenters. The van der Waals surface area contributed by atoms with Crippen molar-refractivity contribution in [1.29, 1.82) is 0 Å². The molecular weight excluding hydrogens is 603 g/mol. The van der Waals surface area contributed by atoms with E-state index in [2.05, 4.69) is 45.3 Å². The van der Waals surface area contributed by atoms with Crippen molar-refractivity contribution in [3.05, 3.63) is 71.8 Å². The first-order chi connectivity index (χ1) is 22.5. The van der Waals surface area contributed by atoms with E-state index in [1.807, 2.05) is 60.7 Å². The van der Waals surface area contributed by atoms with Crippen LogP contribution in [0.5, 0.6) is 0 Å². The highest BCUT2D eigenvalue weighted by Gasteiger charge is 2.68. The summed E-state index contributed by atoms with van der Waals surface area (Å²) in [6, 6.07) is 18.4. The van der Waals surface area contributed by atoms with Gasteiger partial charge in [0.05, 0.1) is 23.7 Å². The molecule has 4 aliphatic rings. The Bertz CT molecular complexity index is 1430. The minimum absolute atomic E-state index is 0.00482. The summed E-state index contributed by atoms with van der Waals surface area (Å²) in [6.45, 7) is 16.5. The molecule has 0 spiro atoms. The van der Waals surface area contributed by atoms with Crippen LogP contribution in [0.3, 0.4) is 0 Å². The number of carbonyl (C=O) groups excluding carboxylic acids is 3. The Balaban J connectivity index is 1.35. The van der Waals surface area contributed by atoms with Gasteiger partial charge in [0.15, 0.2) is 5.78 Å². The van der Waals surface area contributed by atoms with Gasteiger partial charge in [-0.15, -0.1) is 0 Å². The molecule has 2 aromatic rings. The van der Waals surface area contributed by atoms with E-state index < -0.39 is 30.8 Å². The summed E-state index contributed by atoms with van der Waals surface area (Å²) < 4.78 is 18.9. The van der Waals surface area contributed by atoms with E-state index in [0.29, 0.717) is 24.7 Å². The van der Waals surface area contributed by atoms with Gasteiger partial charge in [0.1, 0.15) is 5.60 Å². The van der Waals surface area contributed by atoms with Crippen LogP contribution in [0.15, 0.2) is 60.7 Å². The average molecular weight is 659 g/mol. The lowest BCUT2D eigenvalue weighted by molar-refractivity contribution is -0.199. The topological polar surface area (TPSA) is 103 Å². The van der Waals surface area contributed by atoms with Crippen LogP contribution in [0.25, 0.3) is 0 Å². The summed E-state index contributed by atoms with van der Waals surface area (Å²) >= 11 is 0. The smallest absolute Gasteiger partial charge is 0.444 e. The number of ether oxygens (including phenoxy) is 1. The lowest BCUT2D eigenvalue weighted by Gasteiger charge is -2.64. The van der Waals surface area contributed by atoms with Gasteiger partial charge in [0.25, 0.3) is 0 Å². The predicted molar refractivity (Wildman–Crippen MR) is 188 cm³/mol. The van der Waals surface area contributed by atoms with Crippen LogP contribution in [0.2, 0.25) is 0 Å². The number of alkyl carbamates (subject to hydrolysis) is 1. The standard InChI is InChI=1S/C39H55BN2O6/c1-25(2)19-34(40-47-33-24-29-23-32(38(29,6)7)39(33,8)48-40)42-35(44)28(20-26-15-11-9-12-16-26)22-31(43)30(21-27-17-13-10-14-18-27)41-36(45)46-37(3,4)5/h9-18,25,28-30,32-34H,19-24H2,1-8H3,(H,41,45)(H,42,44)/t28-,29?,30?,32?,33?,34?,39?/m1/s1. The molecular formula is C39H55BN2O6. The first-order valence-corrected chi connectivity index (χ1v) is 17.8. The van der Waals surface area contributed by atoms with Gasteiger partial charge < -0.3 is 24.7 Å². The number of rotatable bonds is 13. The number of hydrogen-bond donors (Lipinski definition) is 2. The number of ketones is 1. The molecule has 4 fully saturated rings. The fourth-order valence-electron chi connectivity index (χ4n) is 8.20. The van der Waals surface area contributed by atoms with Crippen LogP contribution in [0, 0.1) is 29.1 Å². The number of benzene rings is 2. The maximum absolute atomic E-state index is 14.3. The minimum Gasteiger partial charge on any atom is -0.444 e. The van der Waals surface area contributed by atoms with Gasteiger partial charge in [-0.2, -0.15) is 0 Å². The van der Waals surface area contributed by atoms with Crippen LogP contribution in [-0.2, 0) is 36.5 Å². The first kappa shape index (κ1) is 36.1. The van der Waals surface area contributed by atoms with Crippen LogP contribution in [0.1, 0.15) is 92.2 Å². The van der Waals surface area contributed by atoms with Crippen molar-refractivity contribution in [1.82, 2.24) is 10.6 Å². The van der Waals surface area contributed by atoms with Crippen molar-refractivity contribution >= 4 is 24.9 Å². The zero-order valence-corrected chi connectivity index (χ0v) is 30.1. The fraction of sp³-hybridized carbons (Fsp3) is 0.615. The van der Waals surface area contributed by atoms with E-state index in [1.165, 1.54) is 0 Å². The Morgan fingerprint density at radius 3 is 2.08 bits per heavy atom. The molecule has 2 bridgehead atoms. The molecule has 1 aliphatic heterocycles. The third-order valence-electron chi connectivity index (χ3n) is 10.9. The first-order valence-electron chi connectivity index (χ1n) is 17.8. The molecule has 1 heterocycles. The minimum atomic E-state index is -0.862. The van der Waals surface area contributed by atoms with Crippen molar-refractivity contribution in [2.24, 2.45) is 29.1 Å². The molecule has 8 nitrogen and oxygen atoms in total. The predicted octanol–water partition coefficient (Wildman–Crippen LogP) is 6.74. The zero-order valence-electron chi connectivity index (χ0n) is 30.1. The molecule has 2 aromatic carbocycles. The second-order valence-corrected chi connectivity index (χ2v) is 16.5. The Labute approximate surface area is 287 Å². The van der Waals surface area contributed by atoms with E-state index in [-0.39, 0.29) is 53.5 Å². The molecule has 260 valence electrons. The molecule has 6 rings (SSSR count). The number of carbonyl (C=O) groups is 3. The van der Waals surface area contributed by atoms with Gasteiger partial charge in [0.2, 0.25) is 5.91 Å². The summed E-state index contributed by atoms with van der Waals surface area (Å²) in [5, 5.41) is 6.11. The molecule has 3 saturated carbocycles. The van der Waals surface area contributed by atoms with Crippen LogP contribution in [0.4, 0.5) is 4.79 Å². The van der Waals surface area contributed by atoms with E-state index in [1.54, 1.807) is 20.8 Å². The van der Waals surface area contributed by atoms with E-state index in [4.69, 9.17) is 14.0 Å². The van der Waals surface area contributed by atoms with Gasteiger partial charge in [-0.05, 0) is 94.1 Å². The lowest BCUT2D eigenvalue weighted by atomic mass is 9.43. The molecule has 7 atom stereocenters. The molecule has 48 heavy (non-hydrogen) atoms. The number of nitrogens with one attached hydrogen (secondary N) is 2. The molecule has 0 aromatic heterocycles. The summed E-state index contributed by atoms with van der Waals surface area (Å²) in [7, 11) is -0.561. The molecule has 1 saturated heterocycles. The average Bonchev–Trinajstić information content (AvgIpc) is 3.37. The maximum Gasteiger partial charge on any atom is 0.481 e. The number of amides is 2. The molecule has 2 amide bonds. The van der Waals surface area contributed by atoms with E-state index in [9.17, 15) is 14.4 Å². The summed E-state index contributed by atoms with van der Waals surface area (Å²) in [5.41, 5.74) is 0.963. The van der Waals surface area contributed by atoms with Crippen molar-refractivity contribution in [3.63, 3.8) is 0 Å². The molecule has 3 aliphatic carbocycles. The van der Waals surface area contributed by atoms with E-state index >= 15 is 0 Å². The highest BCUT2D eigenvalue weighted by Crippen LogP contribution is 2.65. The van der Waals surface area contributed by atoms with Crippen LogP contribution in [-0.4, -0.2) is 54.2 Å². The summed E-state index contributed by atoms with van der Waals surface area (Å²) in [4.78, 5) is 41.3. The van der Waals surface area contributed by atoms with Gasteiger partial charge >= 0.3 is 13.2 Å². The van der Waals surface area contributed by atoms with Gasteiger partial charge in [-0.1, -0.05) is 88.4 Å². The van der Waals surface area contributed by atoms with Gasteiger partial charge in [0, 0.05) is 12.3 Å². The van der Waals surface area contributed by atoms with Crippen molar-refractivity contribution in [3.8, 4) is 0 Å². The Morgan fingerprint density at radius 2 is 1.52 bits per heavy atom. The third-order valence-corrected chi connectivity index (χ3v) is 10.9. The Kier molecular flexibility index (Phi) is 10.8. The van der Waals surface area contributed by atoms with Crippen LogP contribution < -0.4 is 10.6 Å². The normalized spacial score (nSPS) is 26.1. The fourth-order valence-corrected chi connectivity index (χ4v) is 8.20. The Hall–Kier alpha value is -3.17. The third kappa shape index (κ3) is 8.34. The monoisotopic (exact) mass is 658 g/mol. The van der Waals surface area contributed by atoms with Crippen molar-refractivity contribution in [2.75, 3.05) is 0 Å². The second kappa shape index (κ2) is 14.4. The SMILES string of the molecule is CC(C)CC(NC(=O)[C@@H](CC(=O)C(Cc1ccccc1)NC(=O)OC(C)(C)C)Cc1ccccc1)B1OC2CC3CC(C3(C)C)C2(C)O1. The second-order valence-electron chi connectivity index (χ2n) is 16.5. The molecule has 0 radical (unpaired) electrons. The van der Waals surface area contributed by atoms with Crippen molar-refractivity contribution < 1.29 is 28.4 Å². The summed E-state index contributed by atoms with van der Waals surface area (Å²) in [5.74, 6) is -0.156. The maximum atomic E-state index is 14.3. The molecule has 2 N–H and O–H groups in total. The molecule has 9 heteroatoms. The van der Waals surface area contributed by atoms with Gasteiger partial charge in [-0.25, -0.2) is 4.79 Å². The van der Waals surface area contributed by atoms with Crippen LogP contribution >= 0.6 is 0 Å². The van der Waals surface area contributed by atoms with Gasteiger partial charge in [-0.3, -0.25) is 9.59 Å². The summed E-state index contributed by atoms with van der Waals surface area (Å²) in [6.07, 6.45) is 2.76. The quantitative estimate of drug-likeness (QED) is 0.231.